The zero-order valence-electron chi connectivity index (χ0n) is 38.1. The van der Waals surface area contributed by atoms with Crippen LogP contribution in [0, 0.1) is 17.3 Å². The molecule has 7 aromatic carbocycles. The Hall–Kier alpha value is -7.57. The van der Waals surface area contributed by atoms with Crippen molar-refractivity contribution in [2.24, 2.45) is 28.1 Å². The first-order chi connectivity index (χ1) is 33.6. The van der Waals surface area contributed by atoms with E-state index in [1.165, 1.54) is 0 Å². The molecular weight excluding hydrogens is 865 g/mol. The molecule has 13 rings (SSSR count). The van der Waals surface area contributed by atoms with Crippen molar-refractivity contribution in [3.8, 4) is 11.5 Å². The highest BCUT2D eigenvalue weighted by Crippen LogP contribution is 2.63. The number of ether oxygens (including phenoxy) is 2. The summed E-state index contributed by atoms with van der Waals surface area (Å²) in [6, 6.07) is 37.1. The summed E-state index contributed by atoms with van der Waals surface area (Å²) in [5.74, 6) is 3.20. The standard InChI is InChI=1S/C57H50N6O6/c1-56-24-22-41-40(45(56)20-21-49(56)64)18-19-42-50(41)47(62-31-61-46-23-25-63(58)53(65)51(46)62)28-48-52(42)69-57(68-48,54(66)59-29-43-36-14-6-2-10-32(36)26-33-11-3-7-15-37(33)43)55(67)60-30-44-38-16-8-4-12-34(38)27-35-13-5-9-17-39(35)44/h2-17,23,25-28,31,40-41,45-46,51H,18-22,24,29-30,58H2,1H3,(H,59,66)(H,60,67)/t40?,41?,45?,46?,51?,56-/m0/s1. The van der Waals surface area contributed by atoms with Gasteiger partial charge in [0.05, 0.1) is 12.0 Å². The first-order valence-corrected chi connectivity index (χ1v) is 24.2. The normalized spacial score (nSPS) is 25.0. The number of ketones is 1. The SMILES string of the molecule is C[C@]12CCC3c4c(N5C=NC6C=CN(N)C(=O)C65)cc5c(c4CCC3C1CCC2=O)OC(C(=O)NCc1c2ccccc2cc2ccccc12)(C(=O)NCc1c2ccccc2cc2ccccc12)O5. The Labute approximate surface area is 398 Å². The van der Waals surface area contributed by atoms with Crippen LogP contribution >= 0.6 is 0 Å². The maximum atomic E-state index is 15.4. The highest BCUT2D eigenvalue weighted by atomic mass is 16.7. The summed E-state index contributed by atoms with van der Waals surface area (Å²) in [5, 5.41) is 15.4. The Morgan fingerprint density at radius 2 is 1.30 bits per heavy atom. The predicted octanol–water partition coefficient (Wildman–Crippen LogP) is 8.64. The van der Waals surface area contributed by atoms with Gasteiger partial charge in [-0.1, -0.05) is 104 Å². The topological polar surface area (TPSA) is 156 Å². The minimum atomic E-state index is -2.49. The molecule has 69 heavy (non-hydrogen) atoms. The van der Waals surface area contributed by atoms with Crippen molar-refractivity contribution in [3.05, 3.63) is 150 Å². The van der Waals surface area contributed by atoms with Gasteiger partial charge in [-0.15, -0.1) is 0 Å². The van der Waals surface area contributed by atoms with Crippen LogP contribution in [0.4, 0.5) is 5.69 Å². The van der Waals surface area contributed by atoms with Crippen LogP contribution in [-0.4, -0.2) is 52.7 Å². The molecule has 2 fully saturated rings. The van der Waals surface area contributed by atoms with Gasteiger partial charge in [-0.2, -0.15) is 0 Å². The highest BCUT2D eigenvalue weighted by Gasteiger charge is 2.60. The number of hydrazine groups is 1. The first kappa shape index (κ1) is 41.6. The third-order valence-corrected chi connectivity index (χ3v) is 16.5. The second-order valence-corrected chi connectivity index (χ2v) is 19.9. The van der Waals surface area contributed by atoms with Crippen LogP contribution < -0.4 is 30.8 Å². The lowest BCUT2D eigenvalue weighted by atomic mass is 9.55. The van der Waals surface area contributed by atoms with Crippen LogP contribution in [0.25, 0.3) is 43.1 Å². The van der Waals surface area contributed by atoms with E-state index in [1.54, 1.807) is 12.5 Å². The summed E-state index contributed by atoms with van der Waals surface area (Å²) in [6.45, 7) is 2.31. The number of benzene rings is 7. The minimum Gasteiger partial charge on any atom is -0.433 e. The maximum Gasteiger partial charge on any atom is 0.415 e. The number of amides is 3. The summed E-state index contributed by atoms with van der Waals surface area (Å²) >= 11 is 0. The molecule has 2 saturated carbocycles. The zero-order chi connectivity index (χ0) is 46.8. The smallest absolute Gasteiger partial charge is 0.415 e. The van der Waals surface area contributed by atoms with Gasteiger partial charge in [0, 0.05) is 42.8 Å². The third-order valence-electron chi connectivity index (χ3n) is 16.5. The molecule has 6 atom stereocenters. The van der Waals surface area contributed by atoms with Crippen molar-refractivity contribution in [1.82, 2.24) is 15.6 Å². The average molecular weight is 915 g/mol. The van der Waals surface area contributed by atoms with Crippen LogP contribution in [0.3, 0.4) is 0 Å². The molecule has 0 radical (unpaired) electrons. The quantitative estimate of drug-likeness (QED) is 0.0622. The number of hydrogen-bond donors (Lipinski definition) is 3. The number of fused-ring (bicyclic) bond motifs is 12. The van der Waals surface area contributed by atoms with E-state index in [4.69, 9.17) is 20.3 Å². The van der Waals surface area contributed by atoms with E-state index in [2.05, 4.69) is 54.0 Å². The lowest BCUT2D eigenvalue weighted by Gasteiger charge is -2.49. The Kier molecular flexibility index (Phi) is 9.33. The van der Waals surface area contributed by atoms with Crippen molar-refractivity contribution in [2.75, 3.05) is 4.90 Å². The van der Waals surface area contributed by atoms with E-state index in [0.29, 0.717) is 30.1 Å². The second kappa shape index (κ2) is 15.5. The number of carbonyl (C=O) groups is 4. The van der Waals surface area contributed by atoms with Crippen molar-refractivity contribution >= 4 is 78.6 Å². The Morgan fingerprint density at radius 3 is 1.88 bits per heavy atom. The van der Waals surface area contributed by atoms with Gasteiger partial charge in [-0.25, -0.2) is 5.84 Å². The fourth-order valence-electron chi connectivity index (χ4n) is 13.2. The number of rotatable bonds is 7. The Balaban J connectivity index is 0.934. The number of carbonyl (C=O) groups excluding carboxylic acids is 4. The Bertz CT molecular complexity index is 3210. The molecule has 3 amide bonds. The molecule has 3 aliphatic heterocycles. The molecular formula is C57H50N6O6. The minimum absolute atomic E-state index is 0.00854. The van der Waals surface area contributed by atoms with Crippen LogP contribution in [0.1, 0.15) is 67.2 Å². The molecule has 12 nitrogen and oxygen atoms in total. The Morgan fingerprint density at radius 1 is 0.739 bits per heavy atom. The average Bonchev–Trinajstić information content (AvgIpc) is 4.08. The number of hydrogen-bond acceptors (Lipinski definition) is 9. The van der Waals surface area contributed by atoms with Gasteiger partial charge in [-0.3, -0.25) is 29.2 Å². The number of aliphatic imine (C=N–C) groups is 1. The van der Waals surface area contributed by atoms with Gasteiger partial charge in [-0.05, 0) is 128 Å². The lowest BCUT2D eigenvalue weighted by Crippen LogP contribution is -2.62. The van der Waals surface area contributed by atoms with Crippen molar-refractivity contribution < 1.29 is 28.7 Å². The maximum absolute atomic E-state index is 15.4. The number of anilines is 1. The zero-order valence-corrected chi connectivity index (χ0v) is 38.1. The summed E-state index contributed by atoms with van der Waals surface area (Å²) in [6.07, 6.45) is 9.31. The van der Waals surface area contributed by atoms with Crippen molar-refractivity contribution in [3.63, 3.8) is 0 Å². The fourth-order valence-corrected chi connectivity index (χ4v) is 13.2. The fraction of sp³-hybridized carbons (Fsp3) is 0.281. The number of nitrogens with zero attached hydrogens (tertiary/aromatic N) is 3. The van der Waals surface area contributed by atoms with E-state index >= 15 is 9.59 Å². The molecule has 3 heterocycles. The molecule has 0 bridgehead atoms. The molecule has 344 valence electrons. The number of nitrogens with two attached hydrogens (primary N) is 1. The molecule has 4 N–H and O–H groups in total. The predicted molar refractivity (Wildman–Crippen MR) is 265 cm³/mol. The number of nitrogens with one attached hydrogen (secondary N) is 2. The molecule has 0 spiro atoms. The van der Waals surface area contributed by atoms with Crippen LogP contribution in [0.2, 0.25) is 0 Å². The van der Waals surface area contributed by atoms with Gasteiger partial charge < -0.3 is 25.0 Å². The molecule has 5 unspecified atom stereocenters. The first-order valence-electron chi connectivity index (χ1n) is 24.2. The number of Topliss-reactive ketones (excluding diaryl/α,β-unsaturated/α-hetero) is 1. The van der Waals surface area contributed by atoms with E-state index in [0.717, 1.165) is 96.0 Å². The van der Waals surface area contributed by atoms with E-state index in [1.807, 2.05) is 89.8 Å². The molecule has 6 aliphatic rings. The monoisotopic (exact) mass is 914 g/mol. The molecule has 3 aliphatic carbocycles. The summed E-state index contributed by atoms with van der Waals surface area (Å²) in [4.78, 5) is 64.8. The largest absolute Gasteiger partial charge is 0.433 e. The summed E-state index contributed by atoms with van der Waals surface area (Å²) in [7, 11) is 0. The van der Waals surface area contributed by atoms with Gasteiger partial charge in [0.2, 0.25) is 0 Å². The van der Waals surface area contributed by atoms with Crippen molar-refractivity contribution in [2.45, 2.75) is 82.3 Å². The van der Waals surface area contributed by atoms with E-state index in [-0.39, 0.29) is 47.9 Å². The van der Waals surface area contributed by atoms with Gasteiger partial charge in [0.15, 0.2) is 11.5 Å². The third kappa shape index (κ3) is 6.20. The summed E-state index contributed by atoms with van der Waals surface area (Å²) < 4.78 is 13.8. The lowest BCUT2D eigenvalue weighted by molar-refractivity contribution is -0.171. The second-order valence-electron chi connectivity index (χ2n) is 19.9. The molecule has 7 aromatic rings. The molecule has 12 heteroatoms. The highest BCUT2D eigenvalue weighted by molar-refractivity contribution is 6.10. The van der Waals surface area contributed by atoms with Crippen LogP contribution in [0.5, 0.6) is 11.5 Å². The van der Waals surface area contributed by atoms with Gasteiger partial charge in [0.1, 0.15) is 17.9 Å². The van der Waals surface area contributed by atoms with Crippen LogP contribution in [-0.2, 0) is 38.7 Å². The summed E-state index contributed by atoms with van der Waals surface area (Å²) in [5.41, 5.74) is 3.93. The van der Waals surface area contributed by atoms with E-state index < -0.39 is 29.7 Å². The molecule has 0 saturated heterocycles. The van der Waals surface area contributed by atoms with Gasteiger partial charge in [0.25, 0.3) is 5.91 Å². The van der Waals surface area contributed by atoms with Crippen molar-refractivity contribution in [1.29, 1.82) is 0 Å². The molecule has 0 aromatic heterocycles. The van der Waals surface area contributed by atoms with E-state index in [9.17, 15) is 9.59 Å². The van der Waals surface area contributed by atoms with Crippen LogP contribution in [0.15, 0.2) is 133 Å². The van der Waals surface area contributed by atoms with Gasteiger partial charge >= 0.3 is 17.6 Å².